The molecule has 0 saturated heterocycles. The Balaban J connectivity index is 2.76. The number of rotatable bonds is 3. The molecule has 0 aliphatic rings. The summed E-state index contributed by atoms with van der Waals surface area (Å²) in [6.45, 7) is 4.40. The zero-order valence-electron chi connectivity index (χ0n) is 8.49. The van der Waals surface area contributed by atoms with Gasteiger partial charge in [-0.1, -0.05) is 13.8 Å². The van der Waals surface area contributed by atoms with Crippen LogP contribution in [0.1, 0.15) is 25.6 Å². The molecule has 0 amide bonds. The van der Waals surface area contributed by atoms with Crippen molar-refractivity contribution in [2.75, 3.05) is 0 Å². The van der Waals surface area contributed by atoms with Crippen LogP contribution >= 0.6 is 0 Å². The molecule has 0 spiro atoms. The first kappa shape index (κ1) is 12.0. The highest BCUT2D eigenvalue weighted by Gasteiger charge is 2.40. The third-order valence-electron chi connectivity index (χ3n) is 1.80. The van der Waals surface area contributed by atoms with Crippen molar-refractivity contribution in [1.82, 2.24) is 9.78 Å². The molecule has 0 aromatic carbocycles. The van der Waals surface area contributed by atoms with E-state index in [-0.39, 0.29) is 5.69 Å². The molecule has 0 bridgehead atoms. The van der Waals surface area contributed by atoms with Crippen molar-refractivity contribution in [2.24, 2.45) is 5.92 Å². The molecule has 0 saturated carbocycles. The molecular weight excluding hydrogens is 209 g/mol. The van der Waals surface area contributed by atoms with Crippen LogP contribution in [0, 0.1) is 5.92 Å². The highest BCUT2D eigenvalue weighted by atomic mass is 19.4. The van der Waals surface area contributed by atoms with Gasteiger partial charge < -0.3 is 5.11 Å². The van der Waals surface area contributed by atoms with E-state index >= 15 is 0 Å². The number of alkyl halides is 3. The normalized spacial score (nSPS) is 14.6. The van der Waals surface area contributed by atoms with Crippen molar-refractivity contribution in [2.45, 2.75) is 32.7 Å². The van der Waals surface area contributed by atoms with Gasteiger partial charge in [0.05, 0.1) is 0 Å². The molecule has 6 heteroatoms. The Morgan fingerprint density at radius 3 is 2.53 bits per heavy atom. The monoisotopic (exact) mass is 222 g/mol. The van der Waals surface area contributed by atoms with Crippen LogP contribution in [0.3, 0.4) is 0 Å². The number of hydrogen-bond acceptors (Lipinski definition) is 2. The number of halogens is 3. The predicted molar refractivity (Wildman–Crippen MR) is 48.1 cm³/mol. The minimum Gasteiger partial charge on any atom is -0.378 e. The maximum atomic E-state index is 12.1. The first-order valence-electron chi connectivity index (χ1n) is 4.59. The van der Waals surface area contributed by atoms with Crippen LogP contribution < -0.4 is 0 Å². The maximum Gasteiger partial charge on any atom is 0.420 e. The molecule has 1 aromatic rings. The number of aliphatic hydroxyl groups excluding tert-OH is 1. The average molecular weight is 222 g/mol. The molecule has 86 valence electrons. The van der Waals surface area contributed by atoms with E-state index in [0.29, 0.717) is 12.5 Å². The molecule has 1 aromatic heterocycles. The van der Waals surface area contributed by atoms with E-state index in [9.17, 15) is 13.2 Å². The van der Waals surface area contributed by atoms with Gasteiger partial charge in [-0.25, -0.2) is 0 Å². The summed E-state index contributed by atoms with van der Waals surface area (Å²) in [4.78, 5) is 0. The van der Waals surface area contributed by atoms with Crippen LogP contribution in [0.5, 0.6) is 0 Å². The fourth-order valence-corrected chi connectivity index (χ4v) is 1.17. The zero-order chi connectivity index (χ0) is 11.6. The van der Waals surface area contributed by atoms with E-state index in [0.717, 1.165) is 0 Å². The molecular formula is C9H13F3N2O. The van der Waals surface area contributed by atoms with Crippen molar-refractivity contribution >= 4 is 0 Å². The molecule has 3 nitrogen and oxygen atoms in total. The van der Waals surface area contributed by atoms with Gasteiger partial charge in [-0.2, -0.15) is 18.3 Å². The topological polar surface area (TPSA) is 38.0 Å². The summed E-state index contributed by atoms with van der Waals surface area (Å²) in [5.41, 5.74) is -0.358. The summed E-state index contributed by atoms with van der Waals surface area (Å²) in [5.74, 6) is 0.292. The van der Waals surface area contributed by atoms with Crippen LogP contribution in [0.2, 0.25) is 0 Å². The van der Waals surface area contributed by atoms with Gasteiger partial charge in [0.15, 0.2) is 6.10 Å². The molecule has 1 atom stereocenters. The smallest absolute Gasteiger partial charge is 0.378 e. The lowest BCUT2D eigenvalue weighted by molar-refractivity contribution is -0.208. The van der Waals surface area contributed by atoms with Crippen LogP contribution in [0.4, 0.5) is 13.2 Å². The molecule has 0 fully saturated rings. The van der Waals surface area contributed by atoms with Crippen molar-refractivity contribution in [3.63, 3.8) is 0 Å². The van der Waals surface area contributed by atoms with Gasteiger partial charge in [-0.15, -0.1) is 0 Å². The molecule has 1 N–H and O–H groups in total. The van der Waals surface area contributed by atoms with Crippen LogP contribution in [-0.4, -0.2) is 21.1 Å². The minimum absolute atomic E-state index is 0.292. The number of aromatic nitrogens is 2. The van der Waals surface area contributed by atoms with Gasteiger partial charge in [0.1, 0.15) is 5.69 Å². The fourth-order valence-electron chi connectivity index (χ4n) is 1.17. The van der Waals surface area contributed by atoms with Crippen LogP contribution in [-0.2, 0) is 6.54 Å². The maximum absolute atomic E-state index is 12.1. The van der Waals surface area contributed by atoms with Gasteiger partial charge in [0, 0.05) is 12.7 Å². The second-order valence-corrected chi connectivity index (χ2v) is 3.80. The lowest BCUT2D eigenvalue weighted by atomic mass is 10.2. The molecule has 1 heterocycles. The molecule has 15 heavy (non-hydrogen) atoms. The van der Waals surface area contributed by atoms with Crippen LogP contribution in [0.25, 0.3) is 0 Å². The van der Waals surface area contributed by atoms with E-state index in [1.54, 1.807) is 0 Å². The Morgan fingerprint density at radius 2 is 2.07 bits per heavy atom. The first-order chi connectivity index (χ1) is 6.80. The zero-order valence-corrected chi connectivity index (χ0v) is 8.49. The van der Waals surface area contributed by atoms with Crippen molar-refractivity contribution in [3.05, 3.63) is 18.0 Å². The predicted octanol–water partition coefficient (Wildman–Crippen LogP) is 2.13. The van der Waals surface area contributed by atoms with Gasteiger partial charge in [-0.05, 0) is 12.0 Å². The fraction of sp³-hybridized carbons (Fsp3) is 0.667. The van der Waals surface area contributed by atoms with Gasteiger partial charge in [-0.3, -0.25) is 4.68 Å². The van der Waals surface area contributed by atoms with E-state index in [2.05, 4.69) is 5.10 Å². The van der Waals surface area contributed by atoms with E-state index < -0.39 is 12.3 Å². The number of hydrogen-bond donors (Lipinski definition) is 1. The van der Waals surface area contributed by atoms with E-state index in [4.69, 9.17) is 5.11 Å². The number of nitrogens with zero attached hydrogens (tertiary/aromatic N) is 2. The summed E-state index contributed by atoms with van der Waals surface area (Å²) < 4.78 is 37.7. The Labute approximate surface area is 85.5 Å². The Hall–Kier alpha value is -1.04. The molecule has 0 aliphatic heterocycles. The quantitative estimate of drug-likeness (QED) is 0.850. The van der Waals surface area contributed by atoms with E-state index in [1.165, 1.54) is 16.9 Å². The average Bonchev–Trinajstić information content (AvgIpc) is 2.48. The standard InChI is InChI=1S/C9H13F3N2O/c1-6(2)5-14-4-3-7(13-14)8(15)9(10,11)12/h3-4,6,8,15H,5H2,1-2H3. The molecule has 1 unspecified atom stereocenters. The number of aliphatic hydroxyl groups is 1. The highest BCUT2D eigenvalue weighted by Crippen LogP contribution is 2.31. The van der Waals surface area contributed by atoms with Gasteiger partial charge >= 0.3 is 6.18 Å². The third-order valence-corrected chi connectivity index (χ3v) is 1.80. The van der Waals surface area contributed by atoms with Crippen molar-refractivity contribution in [3.8, 4) is 0 Å². The van der Waals surface area contributed by atoms with Gasteiger partial charge in [0.25, 0.3) is 0 Å². The van der Waals surface area contributed by atoms with Crippen molar-refractivity contribution in [1.29, 1.82) is 0 Å². The summed E-state index contributed by atoms with van der Waals surface area (Å²) in [7, 11) is 0. The second-order valence-electron chi connectivity index (χ2n) is 3.80. The summed E-state index contributed by atoms with van der Waals surface area (Å²) in [6.07, 6.45) is -5.72. The molecule has 0 radical (unpaired) electrons. The minimum atomic E-state index is -4.66. The van der Waals surface area contributed by atoms with Gasteiger partial charge in [0.2, 0.25) is 0 Å². The van der Waals surface area contributed by atoms with E-state index in [1.807, 2.05) is 13.8 Å². The highest BCUT2D eigenvalue weighted by molar-refractivity contribution is 5.05. The second kappa shape index (κ2) is 4.22. The first-order valence-corrected chi connectivity index (χ1v) is 4.59. The summed E-state index contributed by atoms with van der Waals surface area (Å²) in [6, 6.07) is 1.18. The molecule has 1 rings (SSSR count). The van der Waals surface area contributed by atoms with Crippen molar-refractivity contribution < 1.29 is 18.3 Å². The Kier molecular flexibility index (Phi) is 3.38. The third kappa shape index (κ3) is 3.23. The molecule has 0 aliphatic carbocycles. The SMILES string of the molecule is CC(C)Cn1ccc(C(O)C(F)(F)F)n1. The Morgan fingerprint density at radius 1 is 1.47 bits per heavy atom. The summed E-state index contributed by atoms with van der Waals surface area (Å²) >= 11 is 0. The largest absolute Gasteiger partial charge is 0.420 e. The Bertz CT molecular complexity index is 319. The summed E-state index contributed by atoms with van der Waals surface area (Å²) in [5, 5.41) is 12.6. The lowest BCUT2D eigenvalue weighted by Crippen LogP contribution is -2.21. The van der Waals surface area contributed by atoms with Crippen LogP contribution in [0.15, 0.2) is 12.3 Å². The lowest BCUT2D eigenvalue weighted by Gasteiger charge is -2.11.